The summed E-state index contributed by atoms with van der Waals surface area (Å²) < 4.78 is 30.8. The molecule has 126 valence electrons. The van der Waals surface area contributed by atoms with E-state index in [2.05, 4.69) is 20.8 Å². The van der Waals surface area contributed by atoms with Crippen LogP contribution < -0.4 is 0 Å². The summed E-state index contributed by atoms with van der Waals surface area (Å²) in [6.45, 7) is 6.88. The summed E-state index contributed by atoms with van der Waals surface area (Å²) >= 11 is 0. The lowest BCUT2D eigenvalue weighted by molar-refractivity contribution is 0.356. The molecule has 1 aromatic rings. The molecule has 22 heavy (non-hydrogen) atoms. The highest BCUT2D eigenvalue weighted by molar-refractivity contribution is 7.85. The minimum absolute atomic E-state index is 0.0323. The third kappa shape index (κ3) is 8.54. The van der Waals surface area contributed by atoms with Gasteiger partial charge in [-0.15, -0.1) is 0 Å². The number of benzene rings is 1. The van der Waals surface area contributed by atoms with Crippen LogP contribution in [0.25, 0.3) is 0 Å². The summed E-state index contributed by atoms with van der Waals surface area (Å²) in [6.07, 6.45) is 9.83. The van der Waals surface area contributed by atoms with Gasteiger partial charge in [-0.05, 0) is 42.4 Å². The van der Waals surface area contributed by atoms with Crippen molar-refractivity contribution in [3.8, 4) is 0 Å². The monoisotopic (exact) mass is 326 g/mol. The van der Waals surface area contributed by atoms with Gasteiger partial charge < -0.3 is 0 Å². The van der Waals surface area contributed by atoms with Crippen molar-refractivity contribution in [2.45, 2.75) is 77.0 Å². The Hall–Kier alpha value is -0.870. The number of unbranched alkanes of at least 4 members (excludes halogenated alkanes) is 5. The molecule has 0 bridgehead atoms. The van der Waals surface area contributed by atoms with E-state index in [1.54, 1.807) is 12.1 Å². The lowest BCUT2D eigenvalue weighted by Crippen LogP contribution is -2.03. The average molecular weight is 327 g/mol. The molecule has 1 rings (SSSR count). The molecule has 0 fully saturated rings. The summed E-state index contributed by atoms with van der Waals surface area (Å²) in [7, 11) is -4.07. The number of hydrogen-bond acceptors (Lipinski definition) is 2. The predicted molar refractivity (Wildman–Crippen MR) is 91.7 cm³/mol. The van der Waals surface area contributed by atoms with E-state index in [0.717, 1.165) is 18.4 Å². The van der Waals surface area contributed by atoms with Crippen molar-refractivity contribution < 1.29 is 13.0 Å². The van der Waals surface area contributed by atoms with E-state index in [-0.39, 0.29) is 4.90 Å². The van der Waals surface area contributed by atoms with Crippen LogP contribution >= 0.6 is 0 Å². The molecule has 0 unspecified atom stereocenters. The summed E-state index contributed by atoms with van der Waals surface area (Å²) in [5.74, 6) is 0. The molecule has 1 N–H and O–H groups in total. The van der Waals surface area contributed by atoms with Crippen LogP contribution in [0.15, 0.2) is 29.2 Å². The lowest BCUT2D eigenvalue weighted by Gasteiger charge is -2.17. The highest BCUT2D eigenvalue weighted by Crippen LogP contribution is 2.22. The minimum atomic E-state index is -4.07. The second-order valence-electron chi connectivity index (χ2n) is 7.30. The van der Waals surface area contributed by atoms with E-state index in [1.165, 1.54) is 50.7 Å². The molecule has 1 aromatic carbocycles. The van der Waals surface area contributed by atoms with Crippen LogP contribution in [-0.2, 0) is 16.5 Å². The molecule has 0 aliphatic carbocycles. The number of aryl methyl sites for hydroxylation is 1. The van der Waals surface area contributed by atoms with Crippen LogP contribution in [0, 0.1) is 5.41 Å². The Labute approximate surface area is 135 Å². The van der Waals surface area contributed by atoms with Gasteiger partial charge in [-0.2, -0.15) is 8.42 Å². The van der Waals surface area contributed by atoms with Crippen LogP contribution in [-0.4, -0.2) is 13.0 Å². The molecular weight excluding hydrogens is 296 g/mol. The topological polar surface area (TPSA) is 54.4 Å². The van der Waals surface area contributed by atoms with E-state index in [0.29, 0.717) is 5.41 Å². The SMILES string of the molecule is CC(C)(C)CCCCCCCCc1ccc(S(=O)(=O)O)cc1. The van der Waals surface area contributed by atoms with Gasteiger partial charge in [0.25, 0.3) is 10.1 Å². The van der Waals surface area contributed by atoms with Crippen LogP contribution in [0.4, 0.5) is 0 Å². The van der Waals surface area contributed by atoms with Gasteiger partial charge in [0.1, 0.15) is 0 Å². The Balaban J connectivity index is 2.13. The zero-order chi connectivity index (χ0) is 16.6. The van der Waals surface area contributed by atoms with E-state index in [9.17, 15) is 8.42 Å². The molecule has 0 spiro atoms. The zero-order valence-electron chi connectivity index (χ0n) is 14.1. The first-order chi connectivity index (χ1) is 10.2. The Kier molecular flexibility index (Phi) is 7.57. The summed E-state index contributed by atoms with van der Waals surface area (Å²) in [6, 6.07) is 6.51. The summed E-state index contributed by atoms with van der Waals surface area (Å²) in [4.78, 5) is -0.0323. The van der Waals surface area contributed by atoms with Crippen LogP contribution in [0.2, 0.25) is 0 Å². The van der Waals surface area contributed by atoms with Gasteiger partial charge in [0.2, 0.25) is 0 Å². The van der Waals surface area contributed by atoms with Crippen molar-refractivity contribution in [1.29, 1.82) is 0 Å². The number of hydrogen-bond donors (Lipinski definition) is 1. The second kappa shape index (κ2) is 8.68. The molecule has 0 amide bonds. The zero-order valence-corrected chi connectivity index (χ0v) is 15.0. The van der Waals surface area contributed by atoms with Crippen molar-refractivity contribution in [3.63, 3.8) is 0 Å². The van der Waals surface area contributed by atoms with Crippen molar-refractivity contribution in [3.05, 3.63) is 29.8 Å². The fourth-order valence-electron chi connectivity index (χ4n) is 2.52. The molecule has 0 aromatic heterocycles. The van der Waals surface area contributed by atoms with E-state index >= 15 is 0 Å². The van der Waals surface area contributed by atoms with Gasteiger partial charge in [-0.25, -0.2) is 0 Å². The fourth-order valence-corrected chi connectivity index (χ4v) is 3.00. The van der Waals surface area contributed by atoms with Gasteiger partial charge in [-0.1, -0.05) is 65.0 Å². The molecule has 0 heterocycles. The molecule has 0 saturated carbocycles. The van der Waals surface area contributed by atoms with Crippen molar-refractivity contribution in [2.75, 3.05) is 0 Å². The summed E-state index contributed by atoms with van der Waals surface area (Å²) in [5.41, 5.74) is 1.58. The normalized spacial score (nSPS) is 12.5. The molecule has 3 nitrogen and oxygen atoms in total. The van der Waals surface area contributed by atoms with E-state index in [1.807, 2.05) is 0 Å². The van der Waals surface area contributed by atoms with Gasteiger partial charge in [0.15, 0.2) is 0 Å². The van der Waals surface area contributed by atoms with Gasteiger partial charge in [-0.3, -0.25) is 4.55 Å². The average Bonchev–Trinajstić information content (AvgIpc) is 2.40. The Morgan fingerprint density at radius 3 is 1.86 bits per heavy atom. The van der Waals surface area contributed by atoms with E-state index in [4.69, 9.17) is 4.55 Å². The first-order valence-electron chi connectivity index (χ1n) is 8.25. The highest BCUT2D eigenvalue weighted by atomic mass is 32.2. The molecule has 0 aliphatic rings. The maximum absolute atomic E-state index is 10.9. The fraction of sp³-hybridized carbons (Fsp3) is 0.667. The second-order valence-corrected chi connectivity index (χ2v) is 8.72. The first kappa shape index (κ1) is 19.2. The van der Waals surface area contributed by atoms with Gasteiger partial charge >= 0.3 is 0 Å². The quantitative estimate of drug-likeness (QED) is 0.498. The van der Waals surface area contributed by atoms with Crippen LogP contribution in [0.5, 0.6) is 0 Å². The highest BCUT2D eigenvalue weighted by Gasteiger charge is 2.09. The standard InChI is InChI=1S/C18H30O3S/c1-18(2,3)15-9-7-5-4-6-8-10-16-11-13-17(14-12-16)22(19,20)21/h11-14H,4-10,15H2,1-3H3,(H,19,20,21). The molecule has 0 atom stereocenters. The largest absolute Gasteiger partial charge is 0.294 e. The molecule has 4 heteroatoms. The predicted octanol–water partition coefficient (Wildman–Crippen LogP) is 5.25. The first-order valence-corrected chi connectivity index (χ1v) is 9.69. The third-order valence-corrected chi connectivity index (χ3v) is 4.73. The van der Waals surface area contributed by atoms with Crippen LogP contribution in [0.3, 0.4) is 0 Å². The molecule has 0 saturated heterocycles. The lowest BCUT2D eigenvalue weighted by atomic mass is 9.89. The van der Waals surface area contributed by atoms with Crippen LogP contribution in [0.1, 0.15) is 71.3 Å². The summed E-state index contributed by atoms with van der Waals surface area (Å²) in [5, 5.41) is 0. The third-order valence-electron chi connectivity index (χ3n) is 3.86. The smallest absolute Gasteiger partial charge is 0.282 e. The van der Waals surface area contributed by atoms with Crippen molar-refractivity contribution >= 4 is 10.1 Å². The molecule has 0 aliphatic heterocycles. The minimum Gasteiger partial charge on any atom is -0.282 e. The van der Waals surface area contributed by atoms with Crippen molar-refractivity contribution in [1.82, 2.24) is 0 Å². The Morgan fingerprint density at radius 1 is 0.864 bits per heavy atom. The Morgan fingerprint density at radius 2 is 1.36 bits per heavy atom. The van der Waals surface area contributed by atoms with E-state index < -0.39 is 10.1 Å². The maximum atomic E-state index is 10.9. The van der Waals surface area contributed by atoms with Gasteiger partial charge in [0.05, 0.1) is 4.90 Å². The maximum Gasteiger partial charge on any atom is 0.294 e. The molecular formula is C18H30O3S. The van der Waals surface area contributed by atoms with Gasteiger partial charge in [0, 0.05) is 0 Å². The Bertz CT molecular complexity index is 524. The number of rotatable bonds is 9. The molecule has 0 radical (unpaired) electrons. The van der Waals surface area contributed by atoms with Crippen molar-refractivity contribution in [2.24, 2.45) is 5.41 Å².